The Morgan fingerprint density at radius 2 is 1.80 bits per heavy atom. The van der Waals surface area contributed by atoms with Gasteiger partial charge in [0.05, 0.1) is 0 Å². The summed E-state index contributed by atoms with van der Waals surface area (Å²) in [5, 5.41) is 0. The topological polar surface area (TPSA) is 17.1 Å². The summed E-state index contributed by atoms with van der Waals surface area (Å²) in [5.41, 5.74) is 0. The highest BCUT2D eigenvalue weighted by molar-refractivity contribution is 14.1. The van der Waals surface area contributed by atoms with E-state index in [0.717, 1.165) is 0 Å². The van der Waals surface area contributed by atoms with E-state index >= 15 is 0 Å². The molecular formula is C8H3IO. The van der Waals surface area contributed by atoms with Crippen LogP contribution in [0.25, 0.3) is 0 Å². The summed E-state index contributed by atoms with van der Waals surface area (Å²) in [4.78, 5) is 10.2. The van der Waals surface area contributed by atoms with E-state index in [1.54, 1.807) is 29.5 Å². The summed E-state index contributed by atoms with van der Waals surface area (Å²) in [7, 11) is 0. The Bertz CT molecular complexity index is 295. The molecule has 0 aliphatic rings. The molecule has 0 atom stereocenters. The van der Waals surface area contributed by atoms with Crippen LogP contribution < -0.4 is 0 Å². The molecule has 2 heteroatoms. The quantitative estimate of drug-likeness (QED) is 0.351. The molecule has 0 heterocycles. The van der Waals surface area contributed by atoms with Crippen LogP contribution in [0.5, 0.6) is 0 Å². The maximum absolute atomic E-state index is 10.2. The van der Waals surface area contributed by atoms with Crippen LogP contribution in [0.4, 0.5) is 0 Å². The molecule has 1 nitrogen and oxygen atoms in total. The summed E-state index contributed by atoms with van der Waals surface area (Å²) in [6.07, 6.45) is 0. The van der Waals surface area contributed by atoms with Gasteiger partial charge in [0, 0.05) is 22.6 Å². The molecule has 0 bridgehead atoms. The lowest BCUT2D eigenvalue weighted by Crippen LogP contribution is -1.71. The first-order valence-electron chi connectivity index (χ1n) is 2.39. The molecule has 0 aliphatic carbocycles. The molecule has 0 rings (SSSR count). The first-order chi connectivity index (χ1) is 4.77. The van der Waals surface area contributed by atoms with Gasteiger partial charge in [-0.2, -0.15) is 0 Å². The summed E-state index contributed by atoms with van der Waals surface area (Å²) < 4.78 is -0.212. The van der Waals surface area contributed by atoms with Gasteiger partial charge in [0.2, 0.25) is 0 Å². The van der Waals surface area contributed by atoms with Crippen molar-refractivity contribution in [2.45, 2.75) is 6.92 Å². The van der Waals surface area contributed by atoms with Gasteiger partial charge in [-0.3, -0.25) is 4.79 Å². The van der Waals surface area contributed by atoms with Gasteiger partial charge in [-0.05, 0) is 36.5 Å². The van der Waals surface area contributed by atoms with Crippen molar-refractivity contribution >= 4 is 26.4 Å². The monoisotopic (exact) mass is 242 g/mol. The Labute approximate surface area is 73.7 Å². The van der Waals surface area contributed by atoms with Crippen molar-refractivity contribution in [2.75, 3.05) is 0 Å². The third-order valence-electron chi connectivity index (χ3n) is 0.473. The van der Waals surface area contributed by atoms with E-state index < -0.39 is 0 Å². The molecule has 0 aliphatic heterocycles. The van der Waals surface area contributed by atoms with Crippen LogP contribution in [0.2, 0.25) is 0 Å². The van der Waals surface area contributed by atoms with Crippen molar-refractivity contribution < 1.29 is 4.79 Å². The van der Waals surface area contributed by atoms with Crippen molar-refractivity contribution in [3.05, 3.63) is 0 Å². The van der Waals surface area contributed by atoms with E-state index in [2.05, 4.69) is 35.5 Å². The summed E-state index contributed by atoms with van der Waals surface area (Å²) in [6, 6.07) is 0. The number of rotatable bonds is 0. The predicted octanol–water partition coefficient (Wildman–Crippen LogP) is 0.978. The average Bonchev–Trinajstić information content (AvgIpc) is 1.87. The van der Waals surface area contributed by atoms with Gasteiger partial charge >= 0.3 is 0 Å². The first kappa shape index (κ1) is 9.08. The Morgan fingerprint density at radius 3 is 2.30 bits per heavy atom. The Kier molecular flexibility index (Phi) is 5.63. The van der Waals surface area contributed by atoms with Crippen LogP contribution in [0, 0.1) is 35.5 Å². The molecule has 0 amide bonds. The third kappa shape index (κ3) is 7.08. The molecule has 48 valence electrons. The molecule has 0 saturated carbocycles. The van der Waals surface area contributed by atoms with Crippen molar-refractivity contribution in [2.24, 2.45) is 0 Å². The molecular weight excluding hydrogens is 239 g/mol. The molecule has 0 N–H and O–H groups in total. The van der Waals surface area contributed by atoms with Gasteiger partial charge in [0.1, 0.15) is 0 Å². The molecule has 0 aromatic carbocycles. The number of halogens is 1. The van der Waals surface area contributed by atoms with Crippen LogP contribution in [0.1, 0.15) is 6.92 Å². The number of hydrogen-bond acceptors (Lipinski definition) is 1. The Balaban J connectivity index is 3.98. The average molecular weight is 242 g/mol. The maximum atomic E-state index is 10.2. The van der Waals surface area contributed by atoms with Crippen LogP contribution in [-0.2, 0) is 4.79 Å². The number of hydrogen-bond donors (Lipinski definition) is 0. The SMILES string of the molecule is CC#CC#CC#CC(=O)I. The van der Waals surface area contributed by atoms with Gasteiger partial charge < -0.3 is 0 Å². The molecule has 0 saturated heterocycles. The highest BCUT2D eigenvalue weighted by Crippen LogP contribution is 1.78. The van der Waals surface area contributed by atoms with E-state index in [0.29, 0.717) is 0 Å². The molecule has 0 aromatic heterocycles. The second-order valence-electron chi connectivity index (χ2n) is 1.15. The van der Waals surface area contributed by atoms with Gasteiger partial charge in [0.25, 0.3) is 3.79 Å². The Morgan fingerprint density at radius 1 is 1.20 bits per heavy atom. The summed E-state index contributed by atoms with van der Waals surface area (Å²) in [6.45, 7) is 1.69. The van der Waals surface area contributed by atoms with E-state index in [1.807, 2.05) is 0 Å². The van der Waals surface area contributed by atoms with Crippen molar-refractivity contribution in [1.82, 2.24) is 0 Å². The second kappa shape index (κ2) is 6.20. The predicted molar refractivity (Wildman–Crippen MR) is 48.0 cm³/mol. The van der Waals surface area contributed by atoms with Crippen LogP contribution >= 0.6 is 22.6 Å². The number of carbonyl (C=O) groups excluding carboxylic acids is 1. The summed E-state index contributed by atoms with van der Waals surface area (Å²) in [5.74, 6) is 14.5. The van der Waals surface area contributed by atoms with E-state index in [-0.39, 0.29) is 3.79 Å². The third-order valence-corrected chi connectivity index (χ3v) is 0.743. The highest BCUT2D eigenvalue weighted by atomic mass is 127. The van der Waals surface area contributed by atoms with Gasteiger partial charge in [0.15, 0.2) is 0 Å². The number of carbonyl (C=O) groups is 1. The molecule has 0 fully saturated rings. The van der Waals surface area contributed by atoms with Crippen molar-refractivity contribution in [3.63, 3.8) is 0 Å². The van der Waals surface area contributed by atoms with Crippen LogP contribution in [0.3, 0.4) is 0 Å². The fraction of sp³-hybridized carbons (Fsp3) is 0.125. The molecule has 10 heavy (non-hydrogen) atoms. The Hall–Kier alpha value is -0.920. The lowest BCUT2D eigenvalue weighted by atomic mass is 10.5. The van der Waals surface area contributed by atoms with Gasteiger partial charge in [-0.1, -0.05) is 5.92 Å². The van der Waals surface area contributed by atoms with Crippen molar-refractivity contribution in [3.8, 4) is 35.5 Å². The minimum absolute atomic E-state index is 0.212. The van der Waals surface area contributed by atoms with Crippen LogP contribution in [-0.4, -0.2) is 3.79 Å². The molecule has 0 spiro atoms. The fourth-order valence-corrected chi connectivity index (χ4v) is 0.340. The highest BCUT2D eigenvalue weighted by Gasteiger charge is 1.77. The van der Waals surface area contributed by atoms with E-state index in [4.69, 9.17) is 0 Å². The largest absolute Gasteiger partial charge is 0.273 e. The maximum Gasteiger partial charge on any atom is 0.265 e. The zero-order valence-electron chi connectivity index (χ0n) is 5.29. The molecule has 0 radical (unpaired) electrons. The lowest BCUT2D eigenvalue weighted by molar-refractivity contribution is -0.104. The van der Waals surface area contributed by atoms with Gasteiger partial charge in [-0.25, -0.2) is 0 Å². The summed E-state index contributed by atoms with van der Waals surface area (Å²) >= 11 is 1.59. The second-order valence-corrected chi connectivity index (χ2v) is 2.13. The van der Waals surface area contributed by atoms with Gasteiger partial charge in [-0.15, -0.1) is 0 Å². The lowest BCUT2D eigenvalue weighted by Gasteiger charge is -1.60. The minimum atomic E-state index is -0.212. The zero-order valence-corrected chi connectivity index (χ0v) is 7.44. The smallest absolute Gasteiger partial charge is 0.265 e. The van der Waals surface area contributed by atoms with E-state index in [1.165, 1.54) is 0 Å². The van der Waals surface area contributed by atoms with E-state index in [9.17, 15) is 4.79 Å². The molecule has 0 unspecified atom stereocenters. The van der Waals surface area contributed by atoms with Crippen LogP contribution in [0.15, 0.2) is 0 Å². The van der Waals surface area contributed by atoms with Crippen molar-refractivity contribution in [1.29, 1.82) is 0 Å². The standard InChI is InChI=1S/C8H3IO/c1-2-3-4-5-6-7-8(9)10/h1H3. The normalized spacial score (nSPS) is 5.00. The zero-order chi connectivity index (χ0) is 7.82. The first-order valence-corrected chi connectivity index (χ1v) is 3.47. The fourth-order valence-electron chi connectivity index (χ4n) is 0.205. The minimum Gasteiger partial charge on any atom is -0.273 e. The molecule has 0 aromatic rings.